The molecule has 2 rings (SSSR count). The molecule has 0 heterocycles. The molecule has 3 N–H and O–H groups in total. The van der Waals surface area contributed by atoms with Gasteiger partial charge in [0.05, 0.1) is 23.9 Å². The van der Waals surface area contributed by atoms with Crippen molar-refractivity contribution in [3.8, 4) is 11.5 Å². The fraction of sp³-hybridized carbons (Fsp3) is 0.0625. The summed E-state index contributed by atoms with van der Waals surface area (Å²) >= 11 is 16.5. The third-order valence-corrected chi connectivity index (χ3v) is 3.57. The third kappa shape index (κ3) is 5.32. The lowest BCUT2D eigenvalue weighted by Gasteiger charge is -2.10. The van der Waals surface area contributed by atoms with Crippen LogP contribution in [0, 0.1) is 0 Å². The molecule has 0 spiro atoms. The van der Waals surface area contributed by atoms with Gasteiger partial charge in [0.25, 0.3) is 0 Å². The lowest BCUT2D eigenvalue weighted by molar-refractivity contribution is 0.0730. The number of rotatable bonds is 5. The number of nitrogens with one attached hydrogen (secondary N) is 1. The zero-order valence-corrected chi connectivity index (χ0v) is 15.3. The SMILES string of the molecule is COc1cc(/C=N/NC(N)=S)ccc1OC(=O)c1ccc(Cl)cc1Cl. The van der Waals surface area contributed by atoms with Gasteiger partial charge in [-0.05, 0) is 54.2 Å². The maximum Gasteiger partial charge on any atom is 0.345 e. The van der Waals surface area contributed by atoms with Gasteiger partial charge in [-0.1, -0.05) is 23.2 Å². The first-order valence-electron chi connectivity index (χ1n) is 6.84. The molecule has 0 aliphatic carbocycles. The number of nitrogens with zero attached hydrogens (tertiary/aromatic N) is 1. The molecule has 6 nitrogen and oxygen atoms in total. The molecule has 2 aromatic rings. The largest absolute Gasteiger partial charge is 0.493 e. The standard InChI is InChI=1S/C16H13Cl2N3O3S/c1-23-14-6-9(8-20-21-16(19)25)2-5-13(14)24-15(22)11-4-3-10(17)7-12(11)18/h2-8H,1H3,(H3,19,21,25)/b20-8+. The number of hydrazone groups is 1. The second kappa shape index (κ2) is 8.66. The molecule has 0 aliphatic heterocycles. The summed E-state index contributed by atoms with van der Waals surface area (Å²) < 4.78 is 10.6. The smallest absolute Gasteiger partial charge is 0.345 e. The molecule has 25 heavy (non-hydrogen) atoms. The number of hydrogen-bond acceptors (Lipinski definition) is 5. The van der Waals surface area contributed by atoms with E-state index in [1.807, 2.05) is 0 Å². The van der Waals surface area contributed by atoms with Gasteiger partial charge in [-0.2, -0.15) is 5.10 Å². The van der Waals surface area contributed by atoms with Crippen LogP contribution in [0.15, 0.2) is 41.5 Å². The zero-order valence-electron chi connectivity index (χ0n) is 13.0. The number of ether oxygens (including phenoxy) is 2. The van der Waals surface area contributed by atoms with Crippen molar-refractivity contribution in [2.75, 3.05) is 7.11 Å². The van der Waals surface area contributed by atoms with Crippen molar-refractivity contribution in [2.24, 2.45) is 10.8 Å². The van der Waals surface area contributed by atoms with Crippen molar-refractivity contribution >= 4 is 52.7 Å². The lowest BCUT2D eigenvalue weighted by Crippen LogP contribution is -2.23. The van der Waals surface area contributed by atoms with Crippen LogP contribution in [0.25, 0.3) is 0 Å². The second-order valence-corrected chi connectivity index (χ2v) is 5.94. The monoisotopic (exact) mass is 397 g/mol. The van der Waals surface area contributed by atoms with Crippen LogP contribution in [0.3, 0.4) is 0 Å². The molecule has 0 amide bonds. The molecule has 0 bridgehead atoms. The normalized spacial score (nSPS) is 10.5. The average Bonchev–Trinajstić information content (AvgIpc) is 2.55. The number of thiocarbonyl (C=S) groups is 1. The van der Waals surface area contributed by atoms with Gasteiger partial charge in [0.15, 0.2) is 16.6 Å². The van der Waals surface area contributed by atoms with E-state index in [0.29, 0.717) is 16.3 Å². The van der Waals surface area contributed by atoms with Crippen LogP contribution in [-0.4, -0.2) is 24.4 Å². The summed E-state index contributed by atoms with van der Waals surface area (Å²) in [7, 11) is 1.45. The summed E-state index contributed by atoms with van der Waals surface area (Å²) in [5.41, 5.74) is 8.59. The van der Waals surface area contributed by atoms with Crippen LogP contribution in [-0.2, 0) is 0 Å². The van der Waals surface area contributed by atoms with Gasteiger partial charge in [-0.15, -0.1) is 0 Å². The predicted molar refractivity (Wildman–Crippen MR) is 102 cm³/mol. The molecule has 130 valence electrons. The highest BCUT2D eigenvalue weighted by atomic mass is 35.5. The van der Waals surface area contributed by atoms with Crippen LogP contribution in [0.2, 0.25) is 10.0 Å². The molecule has 9 heteroatoms. The molecular formula is C16H13Cl2N3O3S. The number of esters is 1. The average molecular weight is 398 g/mol. The molecule has 0 radical (unpaired) electrons. The minimum absolute atomic E-state index is 0.0496. The van der Waals surface area contributed by atoms with Gasteiger partial charge in [0.1, 0.15) is 0 Å². The molecule has 0 saturated carbocycles. The number of benzene rings is 2. The topological polar surface area (TPSA) is 85.9 Å². The van der Waals surface area contributed by atoms with Gasteiger partial charge in [-0.25, -0.2) is 4.79 Å². The van der Waals surface area contributed by atoms with E-state index in [1.54, 1.807) is 24.3 Å². The third-order valence-electron chi connectivity index (χ3n) is 2.93. The highest BCUT2D eigenvalue weighted by molar-refractivity contribution is 7.80. The molecule has 0 unspecified atom stereocenters. The number of hydrogen-bond donors (Lipinski definition) is 2. The Morgan fingerprint density at radius 3 is 2.64 bits per heavy atom. The fourth-order valence-corrected chi connectivity index (χ4v) is 2.37. The first-order chi connectivity index (χ1) is 11.9. The van der Waals surface area contributed by atoms with Gasteiger partial charge in [-0.3, -0.25) is 5.43 Å². The molecular weight excluding hydrogens is 385 g/mol. The van der Waals surface area contributed by atoms with E-state index in [2.05, 4.69) is 22.7 Å². The molecule has 0 fully saturated rings. The number of methoxy groups -OCH3 is 1. The Labute approximate surface area is 159 Å². The van der Waals surface area contributed by atoms with Crippen molar-refractivity contribution in [1.82, 2.24) is 5.43 Å². The number of nitrogens with two attached hydrogens (primary N) is 1. The summed E-state index contributed by atoms with van der Waals surface area (Å²) in [6, 6.07) is 9.39. The Morgan fingerprint density at radius 2 is 2.00 bits per heavy atom. The predicted octanol–water partition coefficient (Wildman–Crippen LogP) is 3.39. The van der Waals surface area contributed by atoms with E-state index < -0.39 is 5.97 Å². The van der Waals surface area contributed by atoms with Gasteiger partial charge in [0.2, 0.25) is 0 Å². The molecule has 0 aromatic heterocycles. The van der Waals surface area contributed by atoms with Crippen molar-refractivity contribution in [3.05, 3.63) is 57.6 Å². The molecule has 0 saturated heterocycles. The Balaban J connectivity index is 2.20. The highest BCUT2D eigenvalue weighted by Gasteiger charge is 2.16. The van der Waals surface area contributed by atoms with Crippen LogP contribution in [0.5, 0.6) is 11.5 Å². The lowest BCUT2D eigenvalue weighted by atomic mass is 10.2. The Morgan fingerprint density at radius 1 is 1.24 bits per heavy atom. The van der Waals surface area contributed by atoms with Crippen LogP contribution in [0.4, 0.5) is 0 Å². The van der Waals surface area contributed by atoms with Crippen LogP contribution < -0.4 is 20.6 Å². The number of carbonyl (C=O) groups excluding carboxylic acids is 1. The van der Waals surface area contributed by atoms with E-state index in [1.165, 1.54) is 25.5 Å². The summed E-state index contributed by atoms with van der Waals surface area (Å²) in [6.07, 6.45) is 1.49. The Kier molecular flexibility index (Phi) is 6.58. The zero-order chi connectivity index (χ0) is 18.4. The highest BCUT2D eigenvalue weighted by Crippen LogP contribution is 2.29. The van der Waals surface area contributed by atoms with E-state index in [9.17, 15) is 4.79 Å². The van der Waals surface area contributed by atoms with Crippen molar-refractivity contribution in [2.45, 2.75) is 0 Å². The van der Waals surface area contributed by atoms with Crippen molar-refractivity contribution in [1.29, 1.82) is 0 Å². The first kappa shape index (κ1) is 19.0. The van der Waals surface area contributed by atoms with Crippen molar-refractivity contribution in [3.63, 3.8) is 0 Å². The maximum atomic E-state index is 12.3. The minimum atomic E-state index is -0.628. The number of halogens is 2. The van der Waals surface area contributed by atoms with Gasteiger partial charge >= 0.3 is 5.97 Å². The summed E-state index contributed by atoms with van der Waals surface area (Å²) in [5, 5.41) is 4.51. The fourth-order valence-electron chi connectivity index (χ4n) is 1.83. The minimum Gasteiger partial charge on any atom is -0.493 e. The Bertz CT molecular complexity index is 843. The molecule has 0 aliphatic rings. The summed E-state index contributed by atoms with van der Waals surface area (Å²) in [5.74, 6) is -0.0489. The van der Waals surface area contributed by atoms with Crippen LogP contribution in [0.1, 0.15) is 15.9 Å². The molecule has 0 atom stereocenters. The maximum absolute atomic E-state index is 12.3. The van der Waals surface area contributed by atoms with E-state index in [0.717, 1.165) is 0 Å². The van der Waals surface area contributed by atoms with E-state index in [-0.39, 0.29) is 21.4 Å². The Hall–Kier alpha value is -2.35. The first-order valence-corrected chi connectivity index (χ1v) is 8.01. The summed E-state index contributed by atoms with van der Waals surface area (Å²) in [4.78, 5) is 12.3. The van der Waals surface area contributed by atoms with Gasteiger partial charge in [0, 0.05) is 5.02 Å². The summed E-state index contributed by atoms with van der Waals surface area (Å²) in [6.45, 7) is 0. The van der Waals surface area contributed by atoms with Crippen molar-refractivity contribution < 1.29 is 14.3 Å². The second-order valence-electron chi connectivity index (χ2n) is 4.66. The number of carbonyl (C=O) groups is 1. The van der Waals surface area contributed by atoms with Crippen LogP contribution >= 0.6 is 35.4 Å². The van der Waals surface area contributed by atoms with E-state index in [4.69, 9.17) is 38.4 Å². The molecule has 2 aromatic carbocycles. The van der Waals surface area contributed by atoms with E-state index >= 15 is 0 Å². The quantitative estimate of drug-likeness (QED) is 0.264. The van der Waals surface area contributed by atoms with Gasteiger partial charge < -0.3 is 15.2 Å².